The molecule has 0 aliphatic carbocycles. The first-order valence-corrected chi connectivity index (χ1v) is 18.7. The summed E-state index contributed by atoms with van der Waals surface area (Å²) in [4.78, 5) is 41.5. The first-order valence-electron chi connectivity index (χ1n) is 16.1. The number of nitriles is 1. The molecular formula is C42H31BrN4O3S2. The number of thioether (sulfide) groups is 1. The first kappa shape index (κ1) is 36.1. The van der Waals surface area contributed by atoms with Gasteiger partial charge in [-0.05, 0) is 72.2 Å². The molecule has 0 aliphatic heterocycles. The van der Waals surface area contributed by atoms with E-state index in [2.05, 4.69) is 37.9 Å². The van der Waals surface area contributed by atoms with E-state index >= 15 is 0 Å². The molecule has 1 unspecified atom stereocenters. The van der Waals surface area contributed by atoms with Gasteiger partial charge in [0.15, 0.2) is 0 Å². The number of thiophene rings is 1. The van der Waals surface area contributed by atoms with E-state index in [1.165, 1.54) is 23.1 Å². The number of hydrogen-bond donors (Lipinski definition) is 3. The van der Waals surface area contributed by atoms with Gasteiger partial charge in [-0.3, -0.25) is 14.4 Å². The summed E-state index contributed by atoms with van der Waals surface area (Å²) in [5, 5.41) is 20.5. The molecule has 1 heterocycles. The monoisotopic (exact) mass is 782 g/mol. The van der Waals surface area contributed by atoms with Crippen LogP contribution in [-0.4, -0.2) is 17.7 Å². The van der Waals surface area contributed by atoms with Crippen LogP contribution in [0.5, 0.6) is 0 Å². The molecule has 0 saturated carbocycles. The van der Waals surface area contributed by atoms with Crippen molar-refractivity contribution >= 4 is 73.5 Å². The van der Waals surface area contributed by atoms with Crippen molar-refractivity contribution in [3.63, 3.8) is 0 Å². The third kappa shape index (κ3) is 9.13. The van der Waals surface area contributed by atoms with E-state index in [0.29, 0.717) is 21.8 Å². The molecule has 0 saturated heterocycles. The van der Waals surface area contributed by atoms with Crippen molar-refractivity contribution in [3.05, 3.63) is 177 Å². The average Bonchev–Trinajstić information content (AvgIpc) is 3.57. The van der Waals surface area contributed by atoms with Crippen molar-refractivity contribution in [3.8, 4) is 17.2 Å². The van der Waals surface area contributed by atoms with E-state index < -0.39 is 17.1 Å². The summed E-state index contributed by atoms with van der Waals surface area (Å²) < 4.78 is 0.883. The zero-order valence-corrected chi connectivity index (χ0v) is 31.0. The van der Waals surface area contributed by atoms with Crippen LogP contribution in [0.25, 0.3) is 17.2 Å². The average molecular weight is 784 g/mol. The lowest BCUT2D eigenvalue weighted by atomic mass is 10.0. The van der Waals surface area contributed by atoms with Gasteiger partial charge >= 0.3 is 0 Å². The SMILES string of the molecule is Cc1ccc(-c2csc(NC(=O)C(Sc3cccc(NC(=O)/C(=C\c4ccc(Br)cc4)NC(=O)c4ccccc4)c3)c3ccccc3)c2C#N)cc1. The van der Waals surface area contributed by atoms with Crippen LogP contribution in [0, 0.1) is 18.3 Å². The smallest absolute Gasteiger partial charge is 0.272 e. The second-order valence-corrected chi connectivity index (χ2v) is 14.6. The molecular weight excluding hydrogens is 753 g/mol. The number of benzene rings is 5. The lowest BCUT2D eigenvalue weighted by Gasteiger charge is -2.17. The van der Waals surface area contributed by atoms with Crippen LogP contribution in [0.1, 0.15) is 37.9 Å². The Kier molecular flexibility index (Phi) is 11.8. The Labute approximate surface area is 318 Å². The number of hydrogen-bond acceptors (Lipinski definition) is 6. The van der Waals surface area contributed by atoms with Crippen LogP contribution in [0.2, 0.25) is 0 Å². The molecule has 0 radical (unpaired) electrons. The largest absolute Gasteiger partial charge is 0.321 e. The van der Waals surface area contributed by atoms with E-state index in [0.717, 1.165) is 37.2 Å². The molecule has 6 rings (SSSR count). The standard InChI is InChI=1S/C42H31BrN4O3S2/c1-27-15-19-29(20-16-27)36-26-51-42(35(36)25-44)47-41(50)38(30-9-4-2-5-10-30)52-34-14-8-13-33(24-34)45-40(49)37(23-28-17-21-32(43)22-18-28)46-39(48)31-11-6-3-7-12-31/h2-24,26,38H,1H3,(H,45,49)(H,46,48)(H,47,50)/b37-23+. The predicted octanol–water partition coefficient (Wildman–Crippen LogP) is 10.2. The Balaban J connectivity index is 1.23. The molecule has 3 N–H and O–H groups in total. The predicted molar refractivity (Wildman–Crippen MR) is 214 cm³/mol. The summed E-state index contributed by atoms with van der Waals surface area (Å²) in [5.41, 5.74) is 5.65. The zero-order chi connectivity index (χ0) is 36.5. The molecule has 0 spiro atoms. The topological polar surface area (TPSA) is 111 Å². The molecule has 6 aromatic rings. The molecule has 10 heteroatoms. The van der Waals surface area contributed by atoms with Gasteiger partial charge in [-0.1, -0.05) is 112 Å². The first-order chi connectivity index (χ1) is 25.3. The minimum Gasteiger partial charge on any atom is -0.321 e. The molecule has 1 atom stereocenters. The summed E-state index contributed by atoms with van der Waals surface area (Å²) in [6.07, 6.45) is 1.61. The Morgan fingerprint density at radius 3 is 2.21 bits per heavy atom. The summed E-state index contributed by atoms with van der Waals surface area (Å²) in [7, 11) is 0. The van der Waals surface area contributed by atoms with E-state index in [1.807, 2.05) is 103 Å². The molecule has 0 fully saturated rings. The van der Waals surface area contributed by atoms with Crippen LogP contribution in [0.15, 0.2) is 154 Å². The second-order valence-electron chi connectivity index (χ2n) is 11.6. The van der Waals surface area contributed by atoms with Crippen LogP contribution in [0.3, 0.4) is 0 Å². The van der Waals surface area contributed by atoms with Crippen molar-refractivity contribution in [2.75, 3.05) is 10.6 Å². The molecule has 52 heavy (non-hydrogen) atoms. The van der Waals surface area contributed by atoms with E-state index in [9.17, 15) is 19.6 Å². The van der Waals surface area contributed by atoms with E-state index in [-0.39, 0.29) is 11.6 Å². The van der Waals surface area contributed by atoms with E-state index in [1.54, 1.807) is 48.5 Å². The lowest BCUT2D eigenvalue weighted by Crippen LogP contribution is -2.30. The number of amides is 3. The number of anilines is 2. The number of nitrogens with one attached hydrogen (secondary N) is 3. The summed E-state index contributed by atoms with van der Waals surface area (Å²) in [6.45, 7) is 2.01. The molecule has 1 aromatic heterocycles. The lowest BCUT2D eigenvalue weighted by molar-refractivity contribution is -0.116. The Hall–Kier alpha value is -5.73. The Morgan fingerprint density at radius 1 is 0.827 bits per heavy atom. The van der Waals surface area contributed by atoms with Gasteiger partial charge in [-0.25, -0.2) is 0 Å². The van der Waals surface area contributed by atoms with Gasteiger partial charge in [0, 0.05) is 31.6 Å². The van der Waals surface area contributed by atoms with Crippen LogP contribution < -0.4 is 16.0 Å². The van der Waals surface area contributed by atoms with Gasteiger partial charge in [0.25, 0.3) is 11.8 Å². The van der Waals surface area contributed by atoms with Gasteiger partial charge < -0.3 is 16.0 Å². The second kappa shape index (κ2) is 17.0. The molecule has 0 bridgehead atoms. The number of carbonyl (C=O) groups excluding carboxylic acids is 3. The van der Waals surface area contributed by atoms with Crippen molar-refractivity contribution < 1.29 is 14.4 Å². The maximum absolute atomic E-state index is 14.0. The summed E-state index contributed by atoms with van der Waals surface area (Å²) >= 11 is 6.06. The number of nitrogens with zero attached hydrogens (tertiary/aromatic N) is 1. The number of rotatable bonds is 11. The maximum Gasteiger partial charge on any atom is 0.272 e. The van der Waals surface area contributed by atoms with E-state index in [4.69, 9.17) is 0 Å². The van der Waals surface area contributed by atoms with Gasteiger partial charge in [0.05, 0.1) is 5.56 Å². The van der Waals surface area contributed by atoms with Crippen LogP contribution in [-0.2, 0) is 9.59 Å². The molecule has 5 aromatic carbocycles. The Bertz CT molecular complexity index is 2280. The maximum atomic E-state index is 14.0. The van der Waals surface area contributed by atoms with Gasteiger partial charge in [-0.15, -0.1) is 23.1 Å². The van der Waals surface area contributed by atoms with Gasteiger partial charge in [0.1, 0.15) is 22.0 Å². The third-order valence-corrected chi connectivity index (χ3v) is 10.6. The van der Waals surface area contributed by atoms with Crippen molar-refractivity contribution in [2.24, 2.45) is 0 Å². The molecule has 3 amide bonds. The quantitative estimate of drug-likeness (QED) is 0.0895. The number of carbonyl (C=O) groups is 3. The summed E-state index contributed by atoms with van der Waals surface area (Å²) in [6, 6.07) is 42.8. The van der Waals surface area contributed by atoms with Crippen molar-refractivity contribution in [1.29, 1.82) is 5.26 Å². The highest BCUT2D eigenvalue weighted by Gasteiger charge is 2.25. The fraction of sp³-hybridized carbons (Fsp3) is 0.0476. The zero-order valence-electron chi connectivity index (χ0n) is 27.8. The number of halogens is 1. The highest BCUT2D eigenvalue weighted by Crippen LogP contribution is 2.40. The van der Waals surface area contributed by atoms with Gasteiger partial charge in [-0.2, -0.15) is 5.26 Å². The molecule has 7 nitrogen and oxygen atoms in total. The van der Waals surface area contributed by atoms with Crippen LogP contribution >= 0.6 is 39.0 Å². The number of aryl methyl sites for hydroxylation is 1. The Morgan fingerprint density at radius 2 is 1.52 bits per heavy atom. The van der Waals surface area contributed by atoms with Gasteiger partial charge in [0.2, 0.25) is 5.91 Å². The normalized spacial score (nSPS) is 11.6. The third-order valence-electron chi connectivity index (χ3n) is 7.90. The highest BCUT2D eigenvalue weighted by molar-refractivity contribution is 9.10. The summed E-state index contributed by atoms with van der Waals surface area (Å²) in [5.74, 6) is -1.22. The molecule has 0 aliphatic rings. The minimum absolute atomic E-state index is 0.0602. The van der Waals surface area contributed by atoms with Crippen molar-refractivity contribution in [1.82, 2.24) is 5.32 Å². The fourth-order valence-corrected chi connectivity index (χ4v) is 7.50. The minimum atomic E-state index is -0.679. The highest BCUT2D eigenvalue weighted by atomic mass is 79.9. The van der Waals surface area contributed by atoms with Crippen LogP contribution in [0.4, 0.5) is 10.7 Å². The fourth-order valence-electron chi connectivity index (χ4n) is 5.23. The molecule has 256 valence electrons. The van der Waals surface area contributed by atoms with Crippen molar-refractivity contribution in [2.45, 2.75) is 17.1 Å².